The topological polar surface area (TPSA) is 43.3 Å². The average molecular weight is 502 g/mol. The second-order valence-electron chi connectivity index (χ2n) is 6.23. The van der Waals surface area contributed by atoms with Gasteiger partial charge in [-0.25, -0.2) is 0 Å². The number of nitrogens with zero attached hydrogens (tertiary/aromatic N) is 1. The van der Waals surface area contributed by atoms with Gasteiger partial charge in [-0.3, -0.25) is 4.79 Å². The molecule has 28 heavy (non-hydrogen) atoms. The standard InChI is InChI=1S/C20H18F3IN2O2/c1-28-14-7-8-17-16(11-14)15(9-10-25-19(27)20(21,22)23)18(24)26(17)12-13-5-3-2-4-6-13/h2-8,11H,9-10,12H2,1H3,(H,25,27). The molecule has 0 radical (unpaired) electrons. The van der Waals surface area contributed by atoms with Crippen LogP contribution in [0.1, 0.15) is 11.1 Å². The second kappa shape index (κ2) is 8.42. The first kappa shape index (κ1) is 20.5. The minimum Gasteiger partial charge on any atom is -0.497 e. The molecule has 1 aromatic heterocycles. The second-order valence-corrected chi connectivity index (χ2v) is 7.25. The molecule has 3 rings (SSSR count). The molecule has 4 nitrogen and oxygen atoms in total. The van der Waals surface area contributed by atoms with Crippen LogP contribution in [0.5, 0.6) is 5.75 Å². The SMILES string of the molecule is COc1ccc2c(c1)c(CCNC(=O)C(F)(F)F)c(I)n2Cc1ccccc1. The lowest BCUT2D eigenvalue weighted by molar-refractivity contribution is -0.173. The molecule has 148 valence electrons. The van der Waals surface area contributed by atoms with Crippen molar-refractivity contribution in [2.24, 2.45) is 0 Å². The fraction of sp³-hybridized carbons (Fsp3) is 0.250. The molecule has 0 bridgehead atoms. The van der Waals surface area contributed by atoms with Crippen LogP contribution in [0, 0.1) is 3.70 Å². The zero-order valence-electron chi connectivity index (χ0n) is 15.0. The van der Waals surface area contributed by atoms with Gasteiger partial charge in [-0.1, -0.05) is 30.3 Å². The zero-order chi connectivity index (χ0) is 20.3. The van der Waals surface area contributed by atoms with Crippen molar-refractivity contribution in [1.29, 1.82) is 0 Å². The third-order valence-corrected chi connectivity index (χ3v) is 5.64. The number of carbonyl (C=O) groups excluding carboxylic acids is 1. The van der Waals surface area contributed by atoms with Crippen LogP contribution in [0.3, 0.4) is 0 Å². The molecule has 0 aliphatic heterocycles. The van der Waals surface area contributed by atoms with Crippen LogP contribution < -0.4 is 10.1 Å². The van der Waals surface area contributed by atoms with Gasteiger partial charge in [0, 0.05) is 24.0 Å². The lowest BCUT2D eigenvalue weighted by Gasteiger charge is -2.09. The Balaban J connectivity index is 1.94. The summed E-state index contributed by atoms with van der Waals surface area (Å²) in [5.41, 5.74) is 2.96. The highest BCUT2D eigenvalue weighted by atomic mass is 127. The first-order valence-corrected chi connectivity index (χ1v) is 9.62. The number of halogens is 4. The molecule has 2 aromatic carbocycles. The van der Waals surface area contributed by atoms with Crippen LogP contribution >= 0.6 is 22.6 Å². The Morgan fingerprint density at radius 3 is 2.54 bits per heavy atom. The number of alkyl halides is 3. The maximum absolute atomic E-state index is 12.4. The highest BCUT2D eigenvalue weighted by molar-refractivity contribution is 14.1. The molecule has 0 saturated heterocycles. The van der Waals surface area contributed by atoms with Crippen molar-refractivity contribution >= 4 is 39.4 Å². The number of hydrogen-bond acceptors (Lipinski definition) is 2. The van der Waals surface area contributed by atoms with Gasteiger partial charge in [0.15, 0.2) is 0 Å². The summed E-state index contributed by atoms with van der Waals surface area (Å²) in [6.45, 7) is 0.535. The van der Waals surface area contributed by atoms with E-state index in [1.165, 1.54) is 0 Å². The number of aromatic nitrogens is 1. The average Bonchev–Trinajstić information content (AvgIpc) is 2.93. The Morgan fingerprint density at radius 1 is 1.18 bits per heavy atom. The summed E-state index contributed by atoms with van der Waals surface area (Å²) in [6, 6.07) is 15.6. The largest absolute Gasteiger partial charge is 0.497 e. The molecular weight excluding hydrogens is 484 g/mol. The van der Waals surface area contributed by atoms with Gasteiger partial charge >= 0.3 is 12.1 Å². The van der Waals surface area contributed by atoms with Crippen LogP contribution in [0.2, 0.25) is 0 Å². The van der Waals surface area contributed by atoms with Crippen molar-refractivity contribution in [3.63, 3.8) is 0 Å². The Morgan fingerprint density at radius 2 is 1.89 bits per heavy atom. The summed E-state index contributed by atoms with van der Waals surface area (Å²) in [5.74, 6) is -1.26. The van der Waals surface area contributed by atoms with Crippen molar-refractivity contribution in [3.8, 4) is 5.75 Å². The normalized spacial score (nSPS) is 11.6. The summed E-state index contributed by atoms with van der Waals surface area (Å²) in [5, 5.41) is 2.85. The first-order chi connectivity index (χ1) is 13.3. The van der Waals surface area contributed by atoms with Crippen molar-refractivity contribution < 1.29 is 22.7 Å². The van der Waals surface area contributed by atoms with E-state index in [1.54, 1.807) is 7.11 Å². The number of carbonyl (C=O) groups is 1. The molecule has 0 spiro atoms. The molecule has 1 N–H and O–H groups in total. The molecule has 1 amide bonds. The van der Waals surface area contributed by atoms with E-state index in [2.05, 4.69) is 27.2 Å². The van der Waals surface area contributed by atoms with E-state index in [1.807, 2.05) is 53.8 Å². The molecule has 0 saturated carbocycles. The molecule has 0 atom stereocenters. The first-order valence-electron chi connectivity index (χ1n) is 8.55. The Labute approximate surface area is 173 Å². The van der Waals surface area contributed by atoms with E-state index in [-0.39, 0.29) is 13.0 Å². The van der Waals surface area contributed by atoms with Gasteiger partial charge in [0.05, 0.1) is 10.8 Å². The lowest BCUT2D eigenvalue weighted by Crippen LogP contribution is -2.37. The van der Waals surface area contributed by atoms with E-state index >= 15 is 0 Å². The van der Waals surface area contributed by atoms with Gasteiger partial charge in [0.2, 0.25) is 0 Å². The molecular formula is C20H18F3IN2O2. The van der Waals surface area contributed by atoms with Gasteiger partial charge in [0.1, 0.15) is 5.75 Å². The van der Waals surface area contributed by atoms with Crippen LogP contribution in [-0.2, 0) is 17.8 Å². The predicted octanol–water partition coefficient (Wildman–Crippen LogP) is 4.52. The fourth-order valence-electron chi connectivity index (χ4n) is 3.06. The van der Waals surface area contributed by atoms with Gasteiger partial charge in [0.25, 0.3) is 0 Å². The Kier molecular flexibility index (Phi) is 6.17. The highest BCUT2D eigenvalue weighted by Crippen LogP contribution is 2.31. The number of ether oxygens (including phenoxy) is 1. The van der Waals surface area contributed by atoms with E-state index in [0.717, 1.165) is 25.7 Å². The van der Waals surface area contributed by atoms with E-state index in [9.17, 15) is 18.0 Å². The van der Waals surface area contributed by atoms with Crippen LogP contribution in [0.4, 0.5) is 13.2 Å². The number of methoxy groups -OCH3 is 1. The molecule has 8 heteroatoms. The van der Waals surface area contributed by atoms with Crippen molar-refractivity contribution in [2.75, 3.05) is 13.7 Å². The van der Waals surface area contributed by atoms with Gasteiger partial charge in [-0.2, -0.15) is 13.2 Å². The van der Waals surface area contributed by atoms with Crippen molar-refractivity contribution in [3.05, 3.63) is 63.4 Å². The number of nitrogens with one attached hydrogen (secondary N) is 1. The Bertz CT molecular complexity index is 985. The molecule has 0 aliphatic carbocycles. The zero-order valence-corrected chi connectivity index (χ0v) is 17.2. The number of amides is 1. The number of rotatable bonds is 6. The van der Waals surface area contributed by atoms with E-state index in [0.29, 0.717) is 12.3 Å². The van der Waals surface area contributed by atoms with E-state index in [4.69, 9.17) is 4.74 Å². The summed E-state index contributed by atoms with van der Waals surface area (Å²) >= 11 is 2.21. The third kappa shape index (κ3) is 4.43. The lowest BCUT2D eigenvalue weighted by atomic mass is 10.1. The third-order valence-electron chi connectivity index (χ3n) is 4.41. The smallest absolute Gasteiger partial charge is 0.471 e. The summed E-state index contributed by atoms with van der Waals surface area (Å²) in [4.78, 5) is 11.1. The molecule has 0 fully saturated rings. The summed E-state index contributed by atoms with van der Waals surface area (Å²) < 4.78 is 45.6. The monoisotopic (exact) mass is 502 g/mol. The van der Waals surface area contributed by atoms with Crippen molar-refractivity contribution in [2.45, 2.75) is 19.1 Å². The quantitative estimate of drug-likeness (QED) is 0.504. The highest BCUT2D eigenvalue weighted by Gasteiger charge is 2.38. The maximum Gasteiger partial charge on any atom is 0.471 e. The van der Waals surface area contributed by atoms with Crippen LogP contribution in [0.15, 0.2) is 48.5 Å². The fourth-order valence-corrected chi connectivity index (χ4v) is 4.05. The van der Waals surface area contributed by atoms with Crippen LogP contribution in [-0.4, -0.2) is 30.3 Å². The van der Waals surface area contributed by atoms with Gasteiger partial charge in [-0.05, 0) is 58.3 Å². The molecule has 1 heterocycles. The van der Waals surface area contributed by atoms with Crippen LogP contribution in [0.25, 0.3) is 10.9 Å². The number of hydrogen-bond donors (Lipinski definition) is 1. The predicted molar refractivity (Wildman–Crippen MR) is 110 cm³/mol. The van der Waals surface area contributed by atoms with Gasteiger partial charge < -0.3 is 14.6 Å². The maximum atomic E-state index is 12.4. The molecule has 0 aliphatic rings. The molecule has 3 aromatic rings. The summed E-state index contributed by atoms with van der Waals surface area (Å²) in [6.07, 6.45) is -4.59. The number of benzene rings is 2. The summed E-state index contributed by atoms with van der Waals surface area (Å²) in [7, 11) is 1.57. The van der Waals surface area contributed by atoms with Crippen molar-refractivity contribution in [1.82, 2.24) is 9.88 Å². The minimum atomic E-state index is -4.88. The minimum absolute atomic E-state index is 0.101. The van der Waals surface area contributed by atoms with Gasteiger partial charge in [-0.15, -0.1) is 0 Å². The number of fused-ring (bicyclic) bond motifs is 1. The molecule has 0 unspecified atom stereocenters. The Hall–Kier alpha value is -2.23. The van der Waals surface area contributed by atoms with E-state index < -0.39 is 12.1 Å².